The molecule has 3 heteroatoms. The van der Waals surface area contributed by atoms with E-state index in [9.17, 15) is 0 Å². The van der Waals surface area contributed by atoms with Crippen molar-refractivity contribution < 1.29 is 0 Å². The molecule has 0 radical (unpaired) electrons. The molecule has 2 N–H and O–H groups in total. The second kappa shape index (κ2) is 13.6. The van der Waals surface area contributed by atoms with Crippen molar-refractivity contribution in [3.63, 3.8) is 0 Å². The summed E-state index contributed by atoms with van der Waals surface area (Å²) in [6.07, 6.45) is 0. The van der Waals surface area contributed by atoms with Crippen LogP contribution in [0.1, 0.15) is 0 Å². The van der Waals surface area contributed by atoms with Gasteiger partial charge in [-0.1, -0.05) is 153 Å². The highest BCUT2D eigenvalue weighted by Gasteiger charge is 2.28. The predicted octanol–water partition coefficient (Wildman–Crippen LogP) is 12.4. The predicted molar refractivity (Wildman–Crippen MR) is 211 cm³/mol. The highest BCUT2D eigenvalue weighted by Crippen LogP contribution is 2.44. The topological polar surface area (TPSA) is 24.1 Å². The van der Waals surface area contributed by atoms with Crippen LogP contribution in [-0.2, 0) is 0 Å². The van der Waals surface area contributed by atoms with Crippen LogP contribution in [0.3, 0.4) is 0 Å². The van der Waals surface area contributed by atoms with Crippen LogP contribution < -0.4 is 15.8 Å². The van der Waals surface area contributed by atoms with Crippen molar-refractivity contribution in [2.45, 2.75) is 19.6 Å². The zero-order valence-corrected chi connectivity index (χ0v) is 28.7. The molecule has 0 saturated heterocycles. The first-order valence-corrected chi connectivity index (χ1v) is 20.1. The van der Waals surface area contributed by atoms with Gasteiger partial charge >= 0.3 is 0 Å². The molecule has 0 aliphatic rings. The molecule has 7 rings (SSSR count). The van der Waals surface area contributed by atoms with Crippen molar-refractivity contribution in [2.24, 2.45) is 0 Å². The van der Waals surface area contributed by atoms with Crippen LogP contribution in [0.2, 0.25) is 19.6 Å². The Morgan fingerprint density at radius 1 is 0.354 bits per heavy atom. The summed E-state index contributed by atoms with van der Waals surface area (Å²) < 4.78 is 0. The van der Waals surface area contributed by atoms with Crippen molar-refractivity contribution >= 4 is 36.0 Å². The van der Waals surface area contributed by atoms with Crippen LogP contribution in [-0.4, -0.2) is 8.07 Å². The summed E-state index contributed by atoms with van der Waals surface area (Å²) in [6, 6.07) is 62.8. The molecule has 2 nitrogen and oxygen atoms in total. The van der Waals surface area contributed by atoms with E-state index in [0.717, 1.165) is 22.7 Å². The third-order valence-electron chi connectivity index (χ3n) is 8.74. The van der Waals surface area contributed by atoms with E-state index in [1.165, 1.54) is 49.7 Å². The Balaban J connectivity index is 1.53. The third-order valence-corrected chi connectivity index (χ3v) is 10.8. The van der Waals surface area contributed by atoms with Crippen LogP contribution in [0.5, 0.6) is 0 Å². The molecule has 0 heterocycles. The summed E-state index contributed by atoms with van der Waals surface area (Å²) in [4.78, 5) is 0. The van der Waals surface area contributed by atoms with Gasteiger partial charge in [0.15, 0.2) is 0 Å². The Morgan fingerprint density at radius 2 is 0.833 bits per heavy atom. The van der Waals surface area contributed by atoms with Gasteiger partial charge in [-0.25, -0.2) is 0 Å². The van der Waals surface area contributed by atoms with Gasteiger partial charge in [-0.15, -0.1) is 0 Å². The maximum Gasteiger partial charge on any atom is 0.0792 e. The largest absolute Gasteiger partial charge is 0.355 e. The summed E-state index contributed by atoms with van der Waals surface area (Å²) in [5.74, 6) is 0. The number of hydrogen-bond acceptors (Lipinski definition) is 2. The van der Waals surface area contributed by atoms with E-state index in [1.54, 1.807) is 0 Å². The molecular formula is C45H40N2Si. The summed E-state index contributed by atoms with van der Waals surface area (Å²) in [5, 5.41) is 9.03. The molecule has 0 saturated carbocycles. The summed E-state index contributed by atoms with van der Waals surface area (Å²) >= 11 is 0. The first kappa shape index (κ1) is 31.0. The SMILES string of the molecule is C[Si](C)(C)c1c(-c2ccccc2Nc2ccccc2)cccc1-c1c(Nc2ccccc2)cc(-c2ccccc2)cc1-c1ccccc1. The molecule has 0 aliphatic carbocycles. The van der Waals surface area contributed by atoms with Crippen molar-refractivity contribution in [3.05, 3.63) is 176 Å². The molecule has 0 spiro atoms. The van der Waals surface area contributed by atoms with Gasteiger partial charge in [-0.3, -0.25) is 0 Å². The van der Waals surface area contributed by atoms with Crippen LogP contribution >= 0.6 is 0 Å². The minimum Gasteiger partial charge on any atom is -0.355 e. The maximum absolute atomic E-state index is 3.88. The maximum atomic E-state index is 3.88. The summed E-state index contributed by atoms with van der Waals surface area (Å²) in [6.45, 7) is 7.40. The van der Waals surface area contributed by atoms with E-state index in [4.69, 9.17) is 0 Å². The Kier molecular flexibility index (Phi) is 8.78. The summed E-state index contributed by atoms with van der Waals surface area (Å²) in [5.41, 5.74) is 14.1. The average molecular weight is 637 g/mol. The standard InChI is InChI=1S/C45H40N2Si/c1-48(2,3)45-39(38-27-16-17-30-42(38)46-36-23-12-6-13-24-36)28-18-29-40(45)44-41(34-21-10-5-11-22-34)31-35(33-19-8-4-9-20-33)32-43(44)47-37-25-14-7-15-26-37/h4-32,46-47H,1-3H3. The lowest BCUT2D eigenvalue weighted by Gasteiger charge is -2.29. The lowest BCUT2D eigenvalue weighted by molar-refractivity contribution is 1.51. The fraction of sp³-hybridized carbons (Fsp3) is 0.0667. The minimum absolute atomic E-state index is 1.06. The van der Waals surface area contributed by atoms with Gasteiger partial charge in [0.2, 0.25) is 0 Å². The number of nitrogens with one attached hydrogen (secondary N) is 2. The fourth-order valence-corrected chi connectivity index (χ4v) is 8.69. The van der Waals surface area contributed by atoms with Gasteiger partial charge in [0.25, 0.3) is 0 Å². The molecule has 0 amide bonds. The normalized spacial score (nSPS) is 11.2. The minimum atomic E-state index is -1.97. The van der Waals surface area contributed by atoms with Gasteiger partial charge in [-0.05, 0) is 81.0 Å². The van der Waals surface area contributed by atoms with Crippen molar-refractivity contribution in [1.82, 2.24) is 0 Å². The molecule has 0 aliphatic heterocycles. The molecule has 0 bridgehead atoms. The molecule has 0 atom stereocenters. The number of anilines is 4. The first-order chi connectivity index (χ1) is 23.5. The van der Waals surface area contributed by atoms with Crippen LogP contribution in [0, 0.1) is 0 Å². The lowest BCUT2D eigenvalue weighted by atomic mass is 9.88. The van der Waals surface area contributed by atoms with E-state index < -0.39 is 8.07 Å². The van der Waals surface area contributed by atoms with Gasteiger partial charge in [0.05, 0.1) is 8.07 Å². The zero-order chi connectivity index (χ0) is 32.9. The van der Waals surface area contributed by atoms with Gasteiger partial charge < -0.3 is 10.6 Å². The van der Waals surface area contributed by atoms with E-state index in [0.29, 0.717) is 0 Å². The third kappa shape index (κ3) is 6.60. The number of benzene rings is 7. The van der Waals surface area contributed by atoms with Crippen LogP contribution in [0.15, 0.2) is 176 Å². The average Bonchev–Trinajstić information content (AvgIpc) is 3.12. The van der Waals surface area contributed by atoms with Crippen molar-refractivity contribution in [1.29, 1.82) is 0 Å². The Morgan fingerprint density at radius 3 is 1.44 bits per heavy atom. The number of para-hydroxylation sites is 3. The van der Waals surface area contributed by atoms with Gasteiger partial charge in [-0.2, -0.15) is 0 Å². The van der Waals surface area contributed by atoms with E-state index >= 15 is 0 Å². The second-order valence-corrected chi connectivity index (χ2v) is 18.2. The molecular weight excluding hydrogens is 597 g/mol. The lowest BCUT2D eigenvalue weighted by Crippen LogP contribution is -2.40. The molecule has 7 aromatic carbocycles. The van der Waals surface area contributed by atoms with E-state index in [-0.39, 0.29) is 0 Å². The van der Waals surface area contributed by atoms with Crippen molar-refractivity contribution in [3.8, 4) is 44.5 Å². The molecule has 48 heavy (non-hydrogen) atoms. The highest BCUT2D eigenvalue weighted by atomic mass is 28.3. The Hall–Kier alpha value is -5.64. The van der Waals surface area contributed by atoms with Crippen LogP contribution in [0.4, 0.5) is 22.7 Å². The number of hydrogen-bond donors (Lipinski definition) is 2. The first-order valence-electron chi connectivity index (χ1n) is 16.6. The molecule has 0 unspecified atom stereocenters. The van der Waals surface area contributed by atoms with Gasteiger partial charge in [0.1, 0.15) is 0 Å². The monoisotopic (exact) mass is 636 g/mol. The van der Waals surface area contributed by atoms with Crippen molar-refractivity contribution in [2.75, 3.05) is 10.6 Å². The quantitative estimate of drug-likeness (QED) is 0.154. The molecule has 0 fully saturated rings. The van der Waals surface area contributed by atoms with E-state index in [1.807, 2.05) is 0 Å². The van der Waals surface area contributed by atoms with Crippen LogP contribution in [0.25, 0.3) is 44.5 Å². The Bertz CT molecular complexity index is 2140. The molecule has 0 aromatic heterocycles. The second-order valence-electron chi connectivity index (χ2n) is 13.2. The highest BCUT2D eigenvalue weighted by molar-refractivity contribution is 6.90. The zero-order valence-electron chi connectivity index (χ0n) is 27.7. The Labute approximate surface area is 285 Å². The molecule has 234 valence electrons. The van der Waals surface area contributed by atoms with Gasteiger partial charge in [0, 0.05) is 33.9 Å². The van der Waals surface area contributed by atoms with E-state index in [2.05, 4.69) is 206 Å². The fourth-order valence-electron chi connectivity index (χ4n) is 6.65. The number of rotatable bonds is 9. The summed E-state index contributed by atoms with van der Waals surface area (Å²) in [7, 11) is -1.97. The molecule has 7 aromatic rings. The smallest absolute Gasteiger partial charge is 0.0792 e.